The van der Waals surface area contributed by atoms with E-state index in [9.17, 15) is 0 Å². The molecule has 2 aromatic rings. The Morgan fingerprint density at radius 3 is 2.65 bits per heavy atom. The molecule has 0 saturated carbocycles. The van der Waals surface area contributed by atoms with Crippen molar-refractivity contribution in [1.29, 1.82) is 5.26 Å². The molecule has 1 aromatic heterocycles. The third-order valence-electron chi connectivity index (χ3n) is 2.60. The van der Waals surface area contributed by atoms with Gasteiger partial charge in [0, 0.05) is 11.5 Å². The molecule has 0 aliphatic carbocycles. The van der Waals surface area contributed by atoms with E-state index in [2.05, 4.69) is 42.6 Å². The number of rotatable bonds is 4. The van der Waals surface area contributed by atoms with Crippen LogP contribution in [0.3, 0.4) is 0 Å². The summed E-state index contributed by atoms with van der Waals surface area (Å²) in [6, 6.07) is 7.33. The largest absolute Gasteiger partial charge is 0.490 e. The van der Waals surface area contributed by atoms with Gasteiger partial charge in [-0.15, -0.1) is 0 Å². The molecule has 0 atom stereocenters. The van der Waals surface area contributed by atoms with Crippen LogP contribution in [0.5, 0.6) is 5.75 Å². The van der Waals surface area contributed by atoms with E-state index in [0.717, 1.165) is 10.2 Å². The highest BCUT2D eigenvalue weighted by Gasteiger charge is 2.12. The van der Waals surface area contributed by atoms with E-state index in [0.29, 0.717) is 22.9 Å². The molecule has 0 aliphatic heterocycles. The van der Waals surface area contributed by atoms with Gasteiger partial charge in [0.2, 0.25) is 5.75 Å². The second kappa shape index (κ2) is 6.21. The number of hydrogen-bond acceptors (Lipinski definition) is 6. The van der Waals surface area contributed by atoms with Gasteiger partial charge in [-0.3, -0.25) is 0 Å². The number of aromatic nitrogens is 2. The van der Waals surface area contributed by atoms with Gasteiger partial charge in [0.15, 0.2) is 11.6 Å². The van der Waals surface area contributed by atoms with Crippen molar-refractivity contribution in [3.05, 3.63) is 34.6 Å². The van der Waals surface area contributed by atoms with Crippen LogP contribution in [0.15, 0.2) is 29.0 Å². The van der Waals surface area contributed by atoms with Gasteiger partial charge in [-0.2, -0.15) is 5.26 Å². The van der Waals surface area contributed by atoms with Crippen molar-refractivity contribution < 1.29 is 4.74 Å². The van der Waals surface area contributed by atoms with Gasteiger partial charge >= 0.3 is 0 Å². The number of halogens is 1. The average Bonchev–Trinajstić information content (AvgIpc) is 2.48. The molecule has 2 rings (SSSR count). The van der Waals surface area contributed by atoms with E-state index in [1.807, 2.05) is 0 Å². The standard InChI is InChI=1S/C13H12BrN5O/c1-16-12-11(20-2)13(18-7-17-12)19-10-4-3-8(6-15)5-9(10)14/h3-5,7H,1-2H3,(H2,16,17,18,19). The number of methoxy groups -OCH3 is 1. The van der Waals surface area contributed by atoms with E-state index in [4.69, 9.17) is 10.00 Å². The van der Waals surface area contributed by atoms with E-state index < -0.39 is 0 Å². The Labute approximate surface area is 124 Å². The van der Waals surface area contributed by atoms with E-state index in [1.54, 1.807) is 32.4 Å². The number of nitriles is 1. The first-order chi connectivity index (χ1) is 9.69. The molecule has 0 amide bonds. The fourth-order valence-electron chi connectivity index (χ4n) is 1.65. The second-order valence-electron chi connectivity index (χ2n) is 3.79. The Kier molecular flexibility index (Phi) is 4.38. The van der Waals surface area contributed by atoms with Crippen LogP contribution in [-0.4, -0.2) is 24.1 Å². The highest BCUT2D eigenvalue weighted by Crippen LogP contribution is 2.33. The fraction of sp³-hybridized carbons (Fsp3) is 0.154. The van der Waals surface area contributed by atoms with Crippen LogP contribution >= 0.6 is 15.9 Å². The summed E-state index contributed by atoms with van der Waals surface area (Å²) in [5.74, 6) is 1.65. The minimum absolute atomic E-state index is 0.520. The zero-order valence-corrected chi connectivity index (χ0v) is 12.5. The summed E-state index contributed by atoms with van der Waals surface area (Å²) in [6.45, 7) is 0. The summed E-state index contributed by atoms with van der Waals surface area (Å²) in [5.41, 5.74) is 1.36. The number of nitrogens with one attached hydrogen (secondary N) is 2. The van der Waals surface area contributed by atoms with E-state index >= 15 is 0 Å². The number of nitrogens with zero attached hydrogens (tertiary/aromatic N) is 3. The van der Waals surface area contributed by atoms with Gasteiger partial charge in [-0.1, -0.05) is 0 Å². The molecular weight excluding hydrogens is 322 g/mol. The maximum absolute atomic E-state index is 8.85. The minimum atomic E-state index is 0.520. The SMILES string of the molecule is CNc1ncnc(Nc2ccc(C#N)cc2Br)c1OC. The number of anilines is 3. The van der Waals surface area contributed by atoms with Crippen molar-refractivity contribution >= 4 is 33.3 Å². The number of ether oxygens (including phenoxy) is 1. The molecule has 20 heavy (non-hydrogen) atoms. The van der Waals surface area contributed by atoms with Gasteiger partial charge in [-0.25, -0.2) is 9.97 Å². The average molecular weight is 334 g/mol. The lowest BCUT2D eigenvalue weighted by Gasteiger charge is -2.13. The Morgan fingerprint density at radius 1 is 1.30 bits per heavy atom. The van der Waals surface area contributed by atoms with Crippen LogP contribution < -0.4 is 15.4 Å². The van der Waals surface area contributed by atoms with Gasteiger partial charge in [0.25, 0.3) is 0 Å². The molecule has 102 valence electrons. The van der Waals surface area contributed by atoms with Crippen LogP contribution in [0, 0.1) is 11.3 Å². The van der Waals surface area contributed by atoms with Crippen molar-refractivity contribution in [3.63, 3.8) is 0 Å². The van der Waals surface area contributed by atoms with Crippen molar-refractivity contribution in [2.24, 2.45) is 0 Å². The van der Waals surface area contributed by atoms with E-state index in [-0.39, 0.29) is 0 Å². The van der Waals surface area contributed by atoms with Gasteiger partial charge in [0.05, 0.1) is 24.4 Å². The molecule has 0 saturated heterocycles. The lowest BCUT2D eigenvalue weighted by Crippen LogP contribution is -2.03. The fourth-order valence-corrected chi connectivity index (χ4v) is 2.13. The number of hydrogen-bond donors (Lipinski definition) is 2. The molecule has 2 N–H and O–H groups in total. The summed E-state index contributed by atoms with van der Waals surface area (Å²) < 4.78 is 6.07. The molecule has 0 aliphatic rings. The quantitative estimate of drug-likeness (QED) is 0.895. The predicted octanol–water partition coefficient (Wildman–Crippen LogP) is 2.90. The Morgan fingerprint density at radius 2 is 2.05 bits per heavy atom. The maximum Gasteiger partial charge on any atom is 0.204 e. The Balaban J connectivity index is 2.38. The molecule has 1 heterocycles. The molecule has 0 spiro atoms. The third kappa shape index (κ3) is 2.81. The Bertz CT molecular complexity index is 668. The summed E-state index contributed by atoms with van der Waals surface area (Å²) in [7, 11) is 3.31. The van der Waals surface area contributed by atoms with Gasteiger partial charge in [-0.05, 0) is 34.1 Å². The normalized spacial score (nSPS) is 9.70. The highest BCUT2D eigenvalue weighted by atomic mass is 79.9. The molecule has 0 radical (unpaired) electrons. The van der Waals surface area contributed by atoms with E-state index in [1.165, 1.54) is 6.33 Å². The minimum Gasteiger partial charge on any atom is -0.490 e. The summed E-state index contributed by atoms with van der Waals surface area (Å²) in [4.78, 5) is 8.24. The second-order valence-corrected chi connectivity index (χ2v) is 4.64. The van der Waals surface area contributed by atoms with Crippen molar-refractivity contribution in [2.75, 3.05) is 24.8 Å². The van der Waals surface area contributed by atoms with Crippen LogP contribution in [0.2, 0.25) is 0 Å². The molecular formula is C13H12BrN5O. The molecule has 0 fully saturated rings. The molecule has 6 nitrogen and oxygen atoms in total. The lowest BCUT2D eigenvalue weighted by molar-refractivity contribution is 0.415. The lowest BCUT2D eigenvalue weighted by atomic mass is 10.2. The monoisotopic (exact) mass is 333 g/mol. The summed E-state index contributed by atoms with van der Waals surface area (Å²) in [5, 5.41) is 14.9. The van der Waals surface area contributed by atoms with Crippen molar-refractivity contribution in [1.82, 2.24) is 9.97 Å². The van der Waals surface area contributed by atoms with Gasteiger partial charge in [0.1, 0.15) is 6.33 Å². The van der Waals surface area contributed by atoms with Gasteiger partial charge < -0.3 is 15.4 Å². The van der Waals surface area contributed by atoms with Crippen LogP contribution in [-0.2, 0) is 0 Å². The Hall–Kier alpha value is -2.33. The van der Waals surface area contributed by atoms with Crippen LogP contribution in [0.4, 0.5) is 17.3 Å². The molecule has 7 heteroatoms. The zero-order valence-electron chi connectivity index (χ0n) is 10.9. The maximum atomic E-state index is 8.85. The first kappa shape index (κ1) is 14.1. The van der Waals surface area contributed by atoms with Crippen molar-refractivity contribution in [2.45, 2.75) is 0 Å². The molecule has 0 unspecified atom stereocenters. The van der Waals surface area contributed by atoms with Crippen LogP contribution in [0.25, 0.3) is 0 Å². The predicted molar refractivity (Wildman–Crippen MR) is 80.3 cm³/mol. The third-order valence-corrected chi connectivity index (χ3v) is 3.25. The first-order valence-electron chi connectivity index (χ1n) is 5.73. The molecule has 1 aromatic carbocycles. The smallest absolute Gasteiger partial charge is 0.204 e. The molecule has 0 bridgehead atoms. The van der Waals surface area contributed by atoms with Crippen LogP contribution in [0.1, 0.15) is 5.56 Å². The number of benzene rings is 1. The zero-order chi connectivity index (χ0) is 14.5. The topological polar surface area (TPSA) is 82.9 Å². The summed E-state index contributed by atoms with van der Waals surface area (Å²) in [6.07, 6.45) is 1.44. The van der Waals surface area contributed by atoms with Crippen molar-refractivity contribution in [3.8, 4) is 11.8 Å². The summed E-state index contributed by atoms with van der Waals surface area (Å²) >= 11 is 3.41. The highest BCUT2D eigenvalue weighted by molar-refractivity contribution is 9.10. The first-order valence-corrected chi connectivity index (χ1v) is 6.52.